The molecule has 2 N–H and O–H groups in total. The van der Waals surface area contributed by atoms with Gasteiger partial charge in [-0.2, -0.15) is 0 Å². The van der Waals surface area contributed by atoms with Crippen molar-refractivity contribution in [2.75, 3.05) is 16.8 Å². The van der Waals surface area contributed by atoms with Gasteiger partial charge in [0.15, 0.2) is 17.4 Å². The number of ketones is 1. The number of carbonyl (C=O) groups is 3. The van der Waals surface area contributed by atoms with Crippen molar-refractivity contribution in [3.05, 3.63) is 59.4 Å². The number of anilines is 2. The van der Waals surface area contributed by atoms with Gasteiger partial charge in [0.05, 0.1) is 17.9 Å². The molecule has 0 spiro atoms. The predicted octanol–water partition coefficient (Wildman–Crippen LogP) is 3.01. The second-order valence-corrected chi connectivity index (χ2v) is 7.59. The van der Waals surface area contributed by atoms with E-state index in [1.165, 1.54) is 24.0 Å². The van der Waals surface area contributed by atoms with Crippen molar-refractivity contribution in [1.82, 2.24) is 0 Å². The Kier molecular flexibility index (Phi) is 6.13. The summed E-state index contributed by atoms with van der Waals surface area (Å²) in [7, 11) is 0. The Labute approximate surface area is 179 Å². The number of halogens is 1. The molecule has 2 aromatic rings. The highest BCUT2D eigenvalue weighted by molar-refractivity contribution is 6.13. The van der Waals surface area contributed by atoms with E-state index >= 15 is 0 Å². The van der Waals surface area contributed by atoms with Crippen molar-refractivity contribution in [3.8, 4) is 0 Å². The molecule has 1 amide bonds. The van der Waals surface area contributed by atoms with Crippen LogP contribution in [0.5, 0.6) is 0 Å². The summed E-state index contributed by atoms with van der Waals surface area (Å²) in [4.78, 5) is 40.0. The molecule has 0 aromatic heterocycles. The maximum absolute atomic E-state index is 14.5. The molecule has 2 atom stereocenters. The predicted molar refractivity (Wildman–Crippen MR) is 113 cm³/mol. The monoisotopic (exact) mass is 428 g/mol. The van der Waals surface area contributed by atoms with Crippen molar-refractivity contribution in [3.63, 3.8) is 0 Å². The van der Waals surface area contributed by atoms with Gasteiger partial charge < -0.3 is 20.1 Å². The minimum atomic E-state index is -2.01. The normalized spacial score (nSPS) is 18.7. The van der Waals surface area contributed by atoms with Crippen LogP contribution in [0.15, 0.2) is 42.5 Å². The Hall–Kier alpha value is -3.26. The Bertz CT molecular complexity index is 1040. The number of rotatable bonds is 7. The third-order valence-corrected chi connectivity index (χ3v) is 5.28. The molecule has 0 aliphatic carbocycles. The zero-order valence-electron chi connectivity index (χ0n) is 17.8. The highest BCUT2D eigenvalue weighted by atomic mass is 19.1. The topological polar surface area (TPSA) is 95.9 Å². The van der Waals surface area contributed by atoms with Crippen LogP contribution in [0.25, 0.3) is 0 Å². The quantitative estimate of drug-likeness (QED) is 0.520. The number of esters is 1. The van der Waals surface area contributed by atoms with E-state index in [1.54, 1.807) is 45.0 Å². The van der Waals surface area contributed by atoms with E-state index in [1.807, 2.05) is 0 Å². The highest BCUT2D eigenvalue weighted by Gasteiger charge is 2.59. The standard InChI is InChI=1S/C23H25FN2O5/c1-5-31-21(29)20(28)23(25-17-11-8-10-16(24)19(17)14(4)27)15-9-6-7-12-18(15)26(13(2)3)22(23)30/h6-13,20,25,28H,5H2,1-4H3/t20-,23+/m1/s1. The summed E-state index contributed by atoms with van der Waals surface area (Å²) in [6, 6.07) is 10.3. The third kappa shape index (κ3) is 3.57. The second-order valence-electron chi connectivity index (χ2n) is 7.59. The summed E-state index contributed by atoms with van der Waals surface area (Å²) in [6.45, 7) is 6.36. The molecular weight excluding hydrogens is 403 g/mol. The number of nitrogens with one attached hydrogen (secondary N) is 1. The molecule has 1 heterocycles. The van der Waals surface area contributed by atoms with Crippen molar-refractivity contribution < 1.29 is 28.6 Å². The Balaban J connectivity index is 2.29. The van der Waals surface area contributed by atoms with E-state index in [-0.39, 0.29) is 23.9 Å². The van der Waals surface area contributed by atoms with E-state index in [4.69, 9.17) is 4.74 Å². The van der Waals surface area contributed by atoms with Crippen LogP contribution in [0.1, 0.15) is 43.6 Å². The first-order chi connectivity index (χ1) is 14.7. The zero-order chi connectivity index (χ0) is 22.9. The molecule has 0 bridgehead atoms. The number of aliphatic hydroxyl groups is 1. The molecule has 0 saturated carbocycles. The van der Waals surface area contributed by atoms with Crippen LogP contribution < -0.4 is 10.2 Å². The van der Waals surface area contributed by atoms with E-state index in [2.05, 4.69) is 5.32 Å². The number of nitrogens with zero attached hydrogens (tertiary/aromatic N) is 1. The van der Waals surface area contributed by atoms with E-state index in [0.29, 0.717) is 11.3 Å². The molecule has 1 aliphatic rings. The summed E-state index contributed by atoms with van der Waals surface area (Å²) in [5, 5.41) is 14.0. The fourth-order valence-electron chi connectivity index (χ4n) is 3.99. The molecule has 1 aliphatic heterocycles. The minimum Gasteiger partial charge on any atom is -0.464 e. The van der Waals surface area contributed by atoms with Crippen LogP contribution in [0.4, 0.5) is 15.8 Å². The molecule has 2 aromatic carbocycles. The van der Waals surface area contributed by atoms with Crippen molar-refractivity contribution >= 4 is 29.0 Å². The minimum absolute atomic E-state index is 0.00559. The number of para-hydroxylation sites is 1. The number of aliphatic hydroxyl groups excluding tert-OH is 1. The molecule has 3 rings (SSSR count). The lowest BCUT2D eigenvalue weighted by Crippen LogP contribution is -2.58. The number of carbonyl (C=O) groups excluding carboxylic acids is 3. The number of hydrogen-bond acceptors (Lipinski definition) is 6. The Morgan fingerprint density at radius 2 is 1.87 bits per heavy atom. The summed E-state index contributed by atoms with van der Waals surface area (Å²) >= 11 is 0. The molecule has 0 unspecified atom stereocenters. The molecule has 0 fully saturated rings. The molecule has 7 nitrogen and oxygen atoms in total. The van der Waals surface area contributed by atoms with E-state index < -0.39 is 35.1 Å². The van der Waals surface area contributed by atoms with Crippen molar-refractivity contribution in [2.45, 2.75) is 45.4 Å². The molecule has 8 heteroatoms. The third-order valence-electron chi connectivity index (χ3n) is 5.28. The van der Waals surface area contributed by atoms with Gasteiger partial charge >= 0.3 is 5.97 Å². The van der Waals surface area contributed by atoms with Gasteiger partial charge in [-0.1, -0.05) is 24.3 Å². The smallest absolute Gasteiger partial charge is 0.338 e. The average molecular weight is 428 g/mol. The SMILES string of the molecule is CCOC(=O)[C@@H](O)[C@]1(Nc2cccc(F)c2C(C)=O)C(=O)N(C(C)C)c2ccccc21. The molecule has 31 heavy (non-hydrogen) atoms. The van der Waals surface area contributed by atoms with Gasteiger partial charge in [-0.25, -0.2) is 9.18 Å². The number of benzene rings is 2. The van der Waals surface area contributed by atoms with Crippen LogP contribution in [0.3, 0.4) is 0 Å². The van der Waals surface area contributed by atoms with Gasteiger partial charge in [0.2, 0.25) is 0 Å². The van der Waals surface area contributed by atoms with Gasteiger partial charge in [-0.3, -0.25) is 9.59 Å². The molecule has 0 radical (unpaired) electrons. The van der Waals surface area contributed by atoms with Gasteiger partial charge in [0.25, 0.3) is 5.91 Å². The average Bonchev–Trinajstić information content (AvgIpc) is 2.96. The van der Waals surface area contributed by atoms with Crippen LogP contribution in [-0.2, 0) is 19.9 Å². The fourth-order valence-corrected chi connectivity index (χ4v) is 3.99. The highest BCUT2D eigenvalue weighted by Crippen LogP contribution is 2.46. The first-order valence-corrected chi connectivity index (χ1v) is 10.0. The first kappa shape index (κ1) is 22.4. The zero-order valence-corrected chi connectivity index (χ0v) is 17.8. The summed E-state index contributed by atoms with van der Waals surface area (Å²) < 4.78 is 19.5. The lowest BCUT2D eigenvalue weighted by Gasteiger charge is -2.35. The van der Waals surface area contributed by atoms with Crippen molar-refractivity contribution in [2.24, 2.45) is 0 Å². The number of amides is 1. The van der Waals surface area contributed by atoms with Gasteiger partial charge in [0.1, 0.15) is 5.82 Å². The van der Waals surface area contributed by atoms with Gasteiger partial charge in [-0.15, -0.1) is 0 Å². The van der Waals surface area contributed by atoms with E-state index in [9.17, 15) is 23.9 Å². The largest absolute Gasteiger partial charge is 0.464 e. The summed E-state index contributed by atoms with van der Waals surface area (Å²) in [6.07, 6.45) is -1.95. The van der Waals surface area contributed by atoms with Crippen LogP contribution in [-0.4, -0.2) is 41.5 Å². The maximum atomic E-state index is 14.5. The number of ether oxygens (including phenoxy) is 1. The Morgan fingerprint density at radius 1 is 1.19 bits per heavy atom. The Morgan fingerprint density at radius 3 is 2.48 bits per heavy atom. The van der Waals surface area contributed by atoms with Crippen LogP contribution in [0.2, 0.25) is 0 Å². The first-order valence-electron chi connectivity index (χ1n) is 10.0. The van der Waals surface area contributed by atoms with E-state index in [0.717, 1.165) is 6.07 Å². The lowest BCUT2D eigenvalue weighted by molar-refractivity contribution is -0.159. The summed E-state index contributed by atoms with van der Waals surface area (Å²) in [5.41, 5.74) is -1.46. The van der Waals surface area contributed by atoms with Crippen LogP contribution in [0, 0.1) is 5.82 Å². The van der Waals surface area contributed by atoms with Crippen LogP contribution >= 0.6 is 0 Å². The summed E-state index contributed by atoms with van der Waals surface area (Å²) in [5.74, 6) is -2.97. The number of Topliss-reactive ketones (excluding diaryl/α,β-unsaturated/α-hetero) is 1. The second kappa shape index (κ2) is 8.47. The number of hydrogen-bond donors (Lipinski definition) is 2. The lowest BCUT2D eigenvalue weighted by atomic mass is 9.84. The van der Waals surface area contributed by atoms with Gasteiger partial charge in [-0.05, 0) is 45.9 Å². The number of fused-ring (bicyclic) bond motifs is 1. The maximum Gasteiger partial charge on any atom is 0.338 e. The van der Waals surface area contributed by atoms with Gasteiger partial charge in [0, 0.05) is 17.3 Å². The van der Waals surface area contributed by atoms with Crippen molar-refractivity contribution in [1.29, 1.82) is 0 Å². The molecular formula is C23H25FN2O5. The molecule has 0 saturated heterocycles. The fraction of sp³-hybridized carbons (Fsp3) is 0.348. The molecule has 164 valence electrons.